The smallest absolute Gasteiger partial charge is 0.175 e. The molecule has 0 bridgehead atoms. The number of hydrogen-bond acceptors (Lipinski definition) is 4. The van der Waals surface area contributed by atoms with Gasteiger partial charge in [0.25, 0.3) is 0 Å². The fraction of sp³-hybridized carbons (Fsp3) is 0.455. The van der Waals surface area contributed by atoms with E-state index >= 15 is 0 Å². The van der Waals surface area contributed by atoms with Crippen molar-refractivity contribution < 1.29 is 17.9 Å². The fourth-order valence-corrected chi connectivity index (χ4v) is 1.93. The summed E-state index contributed by atoms with van der Waals surface area (Å²) in [6.45, 7) is 1.27. The Labute approximate surface area is 106 Å². The van der Waals surface area contributed by atoms with E-state index in [-0.39, 0.29) is 4.90 Å². The molecule has 0 atom stereocenters. The van der Waals surface area contributed by atoms with E-state index in [4.69, 9.17) is 21.1 Å². The Kier molecular flexibility index (Phi) is 5.74. The van der Waals surface area contributed by atoms with Gasteiger partial charge in [0.2, 0.25) is 0 Å². The van der Waals surface area contributed by atoms with Gasteiger partial charge in [-0.25, -0.2) is 8.42 Å². The van der Waals surface area contributed by atoms with Crippen LogP contribution in [0.5, 0.6) is 5.75 Å². The molecule has 1 aromatic rings. The minimum Gasteiger partial charge on any atom is -0.491 e. The monoisotopic (exact) mass is 278 g/mol. The molecule has 96 valence electrons. The minimum absolute atomic E-state index is 0.247. The van der Waals surface area contributed by atoms with Gasteiger partial charge >= 0.3 is 0 Å². The summed E-state index contributed by atoms with van der Waals surface area (Å²) in [4.78, 5) is 0.247. The van der Waals surface area contributed by atoms with E-state index in [1.807, 2.05) is 0 Å². The second kappa shape index (κ2) is 6.83. The molecule has 0 fully saturated rings. The van der Waals surface area contributed by atoms with Crippen molar-refractivity contribution in [2.24, 2.45) is 0 Å². The van der Waals surface area contributed by atoms with Crippen LogP contribution in [0.15, 0.2) is 29.2 Å². The first-order valence-electron chi connectivity index (χ1n) is 5.10. The van der Waals surface area contributed by atoms with Crippen molar-refractivity contribution >= 4 is 21.4 Å². The summed E-state index contributed by atoms with van der Waals surface area (Å²) in [6.07, 6.45) is 1.16. The van der Waals surface area contributed by atoms with Crippen LogP contribution in [-0.4, -0.2) is 40.4 Å². The van der Waals surface area contributed by atoms with Gasteiger partial charge in [0.1, 0.15) is 12.4 Å². The highest BCUT2D eigenvalue weighted by atomic mass is 35.5. The Hall–Kier alpha value is -0.780. The molecule has 6 heteroatoms. The number of halogens is 1. The second-order valence-corrected chi connectivity index (χ2v) is 5.79. The van der Waals surface area contributed by atoms with Crippen molar-refractivity contribution in [3.63, 3.8) is 0 Å². The van der Waals surface area contributed by atoms with Crippen molar-refractivity contribution in [1.29, 1.82) is 0 Å². The molecule has 0 heterocycles. The molecule has 0 unspecified atom stereocenters. The summed E-state index contributed by atoms with van der Waals surface area (Å²) in [5, 5.41) is 0. The zero-order valence-electron chi connectivity index (χ0n) is 9.56. The molecule has 0 saturated heterocycles. The number of ether oxygens (including phenoxy) is 2. The normalized spacial score (nSPS) is 11.4. The number of rotatable bonds is 7. The zero-order chi connectivity index (χ0) is 12.7. The molecule has 0 aliphatic rings. The SMILES string of the molecule is CS(=O)(=O)c1cccc(OCCOCCCl)c1. The molecule has 0 amide bonds. The Morgan fingerprint density at radius 2 is 2.00 bits per heavy atom. The summed E-state index contributed by atoms with van der Waals surface area (Å²) < 4.78 is 33.1. The predicted octanol–water partition coefficient (Wildman–Crippen LogP) is 1.72. The molecule has 17 heavy (non-hydrogen) atoms. The lowest BCUT2D eigenvalue weighted by Crippen LogP contribution is -2.08. The maximum atomic E-state index is 11.3. The van der Waals surface area contributed by atoms with E-state index < -0.39 is 9.84 Å². The predicted molar refractivity (Wildman–Crippen MR) is 66.6 cm³/mol. The van der Waals surface area contributed by atoms with E-state index in [0.717, 1.165) is 6.26 Å². The quantitative estimate of drug-likeness (QED) is 0.563. The van der Waals surface area contributed by atoms with Crippen molar-refractivity contribution in [3.05, 3.63) is 24.3 Å². The van der Waals surface area contributed by atoms with Gasteiger partial charge in [-0.1, -0.05) is 6.07 Å². The number of sulfone groups is 1. The number of hydrogen-bond donors (Lipinski definition) is 0. The summed E-state index contributed by atoms with van der Waals surface area (Å²) in [5.41, 5.74) is 0. The third-order valence-corrected chi connectivity index (χ3v) is 3.22. The van der Waals surface area contributed by atoms with Crippen LogP contribution in [0.25, 0.3) is 0 Å². The molecule has 0 saturated carbocycles. The maximum absolute atomic E-state index is 11.3. The third kappa shape index (κ3) is 5.39. The Morgan fingerprint density at radius 1 is 1.24 bits per heavy atom. The lowest BCUT2D eigenvalue weighted by Gasteiger charge is -2.07. The van der Waals surface area contributed by atoms with Crippen LogP contribution in [0.3, 0.4) is 0 Å². The first-order valence-corrected chi connectivity index (χ1v) is 7.53. The lowest BCUT2D eigenvalue weighted by atomic mass is 10.3. The van der Waals surface area contributed by atoms with Gasteiger partial charge < -0.3 is 9.47 Å². The van der Waals surface area contributed by atoms with Gasteiger partial charge in [-0.05, 0) is 18.2 Å². The van der Waals surface area contributed by atoms with Gasteiger partial charge in [0.15, 0.2) is 9.84 Å². The van der Waals surface area contributed by atoms with Crippen LogP contribution in [0, 0.1) is 0 Å². The van der Waals surface area contributed by atoms with Gasteiger partial charge in [-0.3, -0.25) is 0 Å². The van der Waals surface area contributed by atoms with Crippen LogP contribution in [0.1, 0.15) is 0 Å². The minimum atomic E-state index is -3.19. The molecular weight excluding hydrogens is 264 g/mol. The van der Waals surface area contributed by atoms with Gasteiger partial charge in [-0.2, -0.15) is 0 Å². The van der Waals surface area contributed by atoms with Crippen LogP contribution < -0.4 is 4.74 Å². The highest BCUT2D eigenvalue weighted by Gasteiger charge is 2.07. The van der Waals surface area contributed by atoms with Crippen molar-refractivity contribution in [1.82, 2.24) is 0 Å². The van der Waals surface area contributed by atoms with Crippen LogP contribution >= 0.6 is 11.6 Å². The van der Waals surface area contributed by atoms with Crippen molar-refractivity contribution in [3.8, 4) is 5.75 Å². The third-order valence-electron chi connectivity index (χ3n) is 1.95. The van der Waals surface area contributed by atoms with Gasteiger partial charge in [-0.15, -0.1) is 11.6 Å². The average Bonchev–Trinajstić information content (AvgIpc) is 2.28. The van der Waals surface area contributed by atoms with E-state index in [9.17, 15) is 8.42 Å². The van der Waals surface area contributed by atoms with E-state index in [2.05, 4.69) is 0 Å². The average molecular weight is 279 g/mol. The summed E-state index contributed by atoms with van der Waals surface area (Å²) >= 11 is 5.44. The van der Waals surface area contributed by atoms with Crippen LogP contribution in [0.2, 0.25) is 0 Å². The molecule has 0 N–H and O–H groups in total. The second-order valence-electron chi connectivity index (χ2n) is 3.40. The van der Waals surface area contributed by atoms with E-state index in [1.165, 1.54) is 12.1 Å². The standard InChI is InChI=1S/C11H15ClO4S/c1-17(13,14)11-4-2-3-10(9-11)16-8-7-15-6-5-12/h2-4,9H,5-8H2,1H3. The molecule has 0 spiro atoms. The first kappa shape index (κ1) is 14.3. The molecule has 0 aromatic heterocycles. The van der Waals surface area contributed by atoms with E-state index in [1.54, 1.807) is 12.1 Å². The molecule has 1 aromatic carbocycles. The fourth-order valence-electron chi connectivity index (χ4n) is 1.17. The first-order chi connectivity index (χ1) is 8.04. The van der Waals surface area contributed by atoms with Crippen molar-refractivity contribution in [2.75, 3.05) is 32.0 Å². The molecule has 0 aliphatic heterocycles. The van der Waals surface area contributed by atoms with Gasteiger partial charge in [0, 0.05) is 12.1 Å². The molecule has 1 rings (SSSR count). The highest BCUT2D eigenvalue weighted by molar-refractivity contribution is 7.90. The summed E-state index contributed by atoms with van der Waals surface area (Å²) in [7, 11) is -3.19. The lowest BCUT2D eigenvalue weighted by molar-refractivity contribution is 0.111. The molecule has 0 aliphatic carbocycles. The van der Waals surface area contributed by atoms with E-state index in [0.29, 0.717) is 31.5 Å². The summed E-state index contributed by atoms with van der Waals surface area (Å²) in [6, 6.07) is 6.38. The molecule has 0 radical (unpaired) electrons. The Balaban J connectivity index is 2.49. The van der Waals surface area contributed by atoms with Crippen LogP contribution in [-0.2, 0) is 14.6 Å². The Bertz CT molecular complexity index is 445. The van der Waals surface area contributed by atoms with Crippen LogP contribution in [0.4, 0.5) is 0 Å². The number of alkyl halides is 1. The Morgan fingerprint density at radius 3 is 2.65 bits per heavy atom. The summed E-state index contributed by atoms with van der Waals surface area (Å²) in [5.74, 6) is 0.964. The highest BCUT2D eigenvalue weighted by Crippen LogP contribution is 2.17. The topological polar surface area (TPSA) is 52.6 Å². The van der Waals surface area contributed by atoms with Gasteiger partial charge in [0.05, 0.1) is 18.1 Å². The largest absolute Gasteiger partial charge is 0.491 e. The number of benzene rings is 1. The maximum Gasteiger partial charge on any atom is 0.175 e. The molecular formula is C11H15ClO4S. The zero-order valence-corrected chi connectivity index (χ0v) is 11.1. The molecule has 4 nitrogen and oxygen atoms in total. The van der Waals surface area contributed by atoms with Crippen molar-refractivity contribution in [2.45, 2.75) is 4.90 Å².